The first-order valence-corrected chi connectivity index (χ1v) is 6.57. The van der Waals surface area contributed by atoms with E-state index >= 15 is 0 Å². The van der Waals surface area contributed by atoms with Crippen LogP contribution < -0.4 is 11.1 Å². The maximum absolute atomic E-state index is 12.2. The normalized spacial score (nSPS) is 10.9. The number of halogens is 1. The number of para-hydroxylation sites is 1. The van der Waals surface area contributed by atoms with Crippen molar-refractivity contribution >= 4 is 18.3 Å². The minimum atomic E-state index is -0.443. The van der Waals surface area contributed by atoms with Gasteiger partial charge in [-0.15, -0.1) is 12.4 Å². The van der Waals surface area contributed by atoms with Crippen LogP contribution in [0.25, 0.3) is 5.69 Å². The lowest BCUT2D eigenvalue weighted by Crippen LogP contribution is -2.48. The van der Waals surface area contributed by atoms with Crippen molar-refractivity contribution in [2.24, 2.45) is 5.73 Å². The highest BCUT2D eigenvalue weighted by Crippen LogP contribution is 2.12. The Balaban J connectivity index is 0.00000220. The fourth-order valence-corrected chi connectivity index (χ4v) is 1.84. The summed E-state index contributed by atoms with van der Waals surface area (Å²) in [5, 5.41) is 7.24. The maximum Gasteiger partial charge on any atom is 0.272 e. The van der Waals surface area contributed by atoms with E-state index in [1.54, 1.807) is 10.7 Å². The van der Waals surface area contributed by atoms with Crippen molar-refractivity contribution in [2.75, 3.05) is 6.54 Å². The molecule has 0 bridgehead atoms. The second kappa shape index (κ2) is 6.74. The zero-order chi connectivity index (χ0) is 14.8. The molecule has 0 saturated heterocycles. The summed E-state index contributed by atoms with van der Waals surface area (Å²) in [5.74, 6) is -0.210. The lowest BCUT2D eigenvalue weighted by Gasteiger charge is -2.23. The number of aryl methyl sites for hydroxylation is 1. The number of nitrogens with one attached hydrogen (secondary N) is 1. The van der Waals surface area contributed by atoms with Crippen molar-refractivity contribution in [3.05, 3.63) is 47.8 Å². The Bertz CT molecular complexity index is 607. The van der Waals surface area contributed by atoms with Gasteiger partial charge in [0.05, 0.1) is 5.69 Å². The lowest BCUT2D eigenvalue weighted by atomic mass is 10.1. The Kier molecular flexibility index (Phi) is 5.52. The summed E-state index contributed by atoms with van der Waals surface area (Å²) >= 11 is 0. The number of rotatable bonds is 4. The third kappa shape index (κ3) is 4.06. The van der Waals surface area contributed by atoms with Crippen LogP contribution in [0.4, 0.5) is 0 Å². The van der Waals surface area contributed by atoms with E-state index in [1.165, 1.54) is 0 Å². The minimum Gasteiger partial charge on any atom is -0.344 e. The summed E-state index contributed by atoms with van der Waals surface area (Å²) in [5.41, 5.74) is 7.41. The number of hydrogen-bond donors (Lipinski definition) is 2. The van der Waals surface area contributed by atoms with Gasteiger partial charge in [-0.1, -0.05) is 18.2 Å². The topological polar surface area (TPSA) is 72.9 Å². The van der Waals surface area contributed by atoms with Gasteiger partial charge >= 0.3 is 0 Å². The number of carbonyl (C=O) groups is 1. The van der Waals surface area contributed by atoms with Crippen LogP contribution in [-0.4, -0.2) is 27.8 Å². The standard InChI is InChI=1S/C15H20N4O.ClH/c1-11-9-13(14(20)17-15(2,3)10-16)18-19(11)12-7-5-4-6-8-12;/h4-9H,10,16H2,1-3H3,(H,17,20);1H. The van der Waals surface area contributed by atoms with E-state index in [0.717, 1.165) is 11.4 Å². The lowest BCUT2D eigenvalue weighted by molar-refractivity contribution is 0.0910. The van der Waals surface area contributed by atoms with Gasteiger partial charge in [0.15, 0.2) is 5.69 Å². The summed E-state index contributed by atoms with van der Waals surface area (Å²) in [6.07, 6.45) is 0. The molecule has 0 saturated carbocycles. The summed E-state index contributed by atoms with van der Waals surface area (Å²) in [4.78, 5) is 12.2. The molecule has 114 valence electrons. The summed E-state index contributed by atoms with van der Waals surface area (Å²) in [6.45, 7) is 6.06. The molecule has 0 aliphatic heterocycles. The summed E-state index contributed by atoms with van der Waals surface area (Å²) in [6, 6.07) is 11.5. The van der Waals surface area contributed by atoms with Crippen LogP contribution in [0.5, 0.6) is 0 Å². The molecule has 0 unspecified atom stereocenters. The average Bonchev–Trinajstić information content (AvgIpc) is 2.81. The predicted octanol–water partition coefficient (Wildman–Crippen LogP) is 2.07. The molecule has 2 rings (SSSR count). The van der Waals surface area contributed by atoms with Gasteiger partial charge in [-0.2, -0.15) is 5.10 Å². The van der Waals surface area contributed by atoms with E-state index in [1.807, 2.05) is 51.1 Å². The van der Waals surface area contributed by atoms with Crippen molar-refractivity contribution in [3.63, 3.8) is 0 Å². The first kappa shape index (κ1) is 17.2. The maximum atomic E-state index is 12.2. The quantitative estimate of drug-likeness (QED) is 0.908. The number of benzene rings is 1. The smallest absolute Gasteiger partial charge is 0.272 e. The van der Waals surface area contributed by atoms with Gasteiger partial charge in [-0.05, 0) is 39.0 Å². The van der Waals surface area contributed by atoms with Gasteiger partial charge in [0, 0.05) is 17.8 Å². The Morgan fingerprint density at radius 1 is 1.33 bits per heavy atom. The van der Waals surface area contributed by atoms with Gasteiger partial charge in [-0.3, -0.25) is 4.79 Å². The Hall–Kier alpha value is -1.85. The molecule has 0 aliphatic carbocycles. The number of nitrogens with two attached hydrogens (primary N) is 1. The molecular weight excluding hydrogens is 288 g/mol. The van der Waals surface area contributed by atoms with Crippen molar-refractivity contribution < 1.29 is 4.79 Å². The Morgan fingerprint density at radius 2 is 1.95 bits per heavy atom. The van der Waals surface area contributed by atoms with Crippen LogP contribution in [0, 0.1) is 6.92 Å². The Morgan fingerprint density at radius 3 is 2.52 bits per heavy atom. The zero-order valence-electron chi connectivity index (χ0n) is 12.5. The van der Waals surface area contributed by atoms with E-state index in [-0.39, 0.29) is 18.3 Å². The molecule has 1 aromatic carbocycles. The molecule has 2 aromatic rings. The summed E-state index contributed by atoms with van der Waals surface area (Å²) < 4.78 is 1.75. The Labute approximate surface area is 130 Å². The zero-order valence-corrected chi connectivity index (χ0v) is 13.3. The van der Waals surface area contributed by atoms with Crippen molar-refractivity contribution in [1.82, 2.24) is 15.1 Å². The molecule has 1 amide bonds. The van der Waals surface area contributed by atoms with Crippen LogP contribution in [0.1, 0.15) is 30.0 Å². The average molecular weight is 309 g/mol. The molecule has 21 heavy (non-hydrogen) atoms. The summed E-state index contributed by atoms with van der Waals surface area (Å²) in [7, 11) is 0. The number of carbonyl (C=O) groups excluding carboxylic acids is 1. The van der Waals surface area contributed by atoms with Crippen LogP contribution in [0.3, 0.4) is 0 Å². The van der Waals surface area contributed by atoms with Gasteiger partial charge in [-0.25, -0.2) is 4.68 Å². The van der Waals surface area contributed by atoms with Gasteiger partial charge in [0.1, 0.15) is 0 Å². The molecule has 0 aliphatic rings. The minimum absolute atomic E-state index is 0. The van der Waals surface area contributed by atoms with Crippen LogP contribution in [0.2, 0.25) is 0 Å². The van der Waals surface area contributed by atoms with Crippen molar-refractivity contribution in [2.45, 2.75) is 26.3 Å². The highest BCUT2D eigenvalue weighted by atomic mass is 35.5. The fourth-order valence-electron chi connectivity index (χ4n) is 1.84. The van der Waals surface area contributed by atoms with Crippen LogP contribution in [-0.2, 0) is 0 Å². The SMILES string of the molecule is Cc1cc(C(=O)NC(C)(C)CN)nn1-c1ccccc1.Cl. The highest BCUT2D eigenvalue weighted by molar-refractivity contribution is 5.93. The molecule has 0 spiro atoms. The van der Waals surface area contributed by atoms with Gasteiger partial charge < -0.3 is 11.1 Å². The van der Waals surface area contributed by atoms with Gasteiger partial charge in [0.2, 0.25) is 0 Å². The third-order valence-corrected chi connectivity index (χ3v) is 3.08. The number of aromatic nitrogens is 2. The molecule has 3 N–H and O–H groups in total. The molecule has 1 aromatic heterocycles. The van der Waals surface area contributed by atoms with E-state index in [0.29, 0.717) is 12.2 Å². The largest absolute Gasteiger partial charge is 0.344 e. The molecule has 0 fully saturated rings. The first-order valence-electron chi connectivity index (χ1n) is 6.57. The third-order valence-electron chi connectivity index (χ3n) is 3.08. The van der Waals surface area contributed by atoms with E-state index in [2.05, 4.69) is 10.4 Å². The first-order chi connectivity index (χ1) is 9.43. The number of amides is 1. The molecule has 6 heteroatoms. The second-order valence-electron chi connectivity index (χ2n) is 5.46. The van der Waals surface area contributed by atoms with Crippen molar-refractivity contribution in [3.8, 4) is 5.69 Å². The van der Waals surface area contributed by atoms with E-state index in [9.17, 15) is 4.79 Å². The van der Waals surface area contributed by atoms with E-state index in [4.69, 9.17) is 5.73 Å². The van der Waals surface area contributed by atoms with Gasteiger partial charge in [0.25, 0.3) is 5.91 Å². The van der Waals surface area contributed by atoms with E-state index < -0.39 is 5.54 Å². The van der Waals surface area contributed by atoms with Crippen LogP contribution >= 0.6 is 12.4 Å². The number of hydrogen-bond acceptors (Lipinski definition) is 3. The molecule has 1 heterocycles. The second-order valence-corrected chi connectivity index (χ2v) is 5.46. The van der Waals surface area contributed by atoms with Crippen molar-refractivity contribution in [1.29, 1.82) is 0 Å². The fraction of sp³-hybridized carbons (Fsp3) is 0.333. The number of nitrogens with zero attached hydrogens (tertiary/aromatic N) is 2. The molecule has 5 nitrogen and oxygen atoms in total. The van der Waals surface area contributed by atoms with Crippen LogP contribution in [0.15, 0.2) is 36.4 Å². The molecule has 0 atom stereocenters. The molecular formula is C15H21ClN4O. The monoisotopic (exact) mass is 308 g/mol. The predicted molar refractivity (Wildman–Crippen MR) is 86.1 cm³/mol. The molecule has 0 radical (unpaired) electrons. The highest BCUT2D eigenvalue weighted by Gasteiger charge is 2.21.